The van der Waals surface area contributed by atoms with Gasteiger partial charge in [0.05, 0.1) is 18.2 Å². The zero-order valence-electron chi connectivity index (χ0n) is 11.3. The number of fused-ring (bicyclic) bond motifs is 1. The molecule has 1 aromatic heterocycles. The molecule has 1 aliphatic rings. The highest BCUT2D eigenvalue weighted by Gasteiger charge is 2.31. The van der Waals surface area contributed by atoms with Crippen LogP contribution in [0.5, 0.6) is 0 Å². The lowest BCUT2D eigenvalue weighted by molar-refractivity contribution is -0.0278. The van der Waals surface area contributed by atoms with Crippen molar-refractivity contribution in [3.05, 3.63) is 35.0 Å². The van der Waals surface area contributed by atoms with Gasteiger partial charge < -0.3 is 20.5 Å². The van der Waals surface area contributed by atoms with E-state index in [1.165, 1.54) is 0 Å². The number of amides is 1. The molecule has 3 atom stereocenters. The maximum absolute atomic E-state index is 12.3. The van der Waals surface area contributed by atoms with Gasteiger partial charge in [0.1, 0.15) is 5.69 Å². The van der Waals surface area contributed by atoms with Gasteiger partial charge in [-0.25, -0.2) is 0 Å². The second-order valence-corrected chi connectivity index (χ2v) is 5.92. The first-order valence-electron chi connectivity index (χ1n) is 7.00. The van der Waals surface area contributed by atoms with Gasteiger partial charge in [0.15, 0.2) is 0 Å². The molecular weight excluding hydrogens is 292 g/mol. The van der Waals surface area contributed by atoms with Crippen LogP contribution in [0, 0.1) is 0 Å². The van der Waals surface area contributed by atoms with Gasteiger partial charge in [-0.2, -0.15) is 0 Å². The Morgan fingerprint density at radius 3 is 2.90 bits per heavy atom. The maximum Gasteiger partial charge on any atom is 0.268 e. The normalized spacial score (nSPS) is 26.0. The summed E-state index contributed by atoms with van der Waals surface area (Å²) in [6.45, 7) is 0. The summed E-state index contributed by atoms with van der Waals surface area (Å²) >= 11 is 5.92. The van der Waals surface area contributed by atoms with Crippen LogP contribution in [-0.4, -0.2) is 39.4 Å². The number of carbonyl (C=O) groups excluding carboxylic acids is 1. The Kier molecular flexibility index (Phi) is 3.89. The summed E-state index contributed by atoms with van der Waals surface area (Å²) < 4.78 is 0. The molecular formula is C15H17ClN2O3. The molecule has 1 amide bonds. The zero-order valence-corrected chi connectivity index (χ0v) is 12.1. The summed E-state index contributed by atoms with van der Waals surface area (Å²) in [5, 5.41) is 23.8. The summed E-state index contributed by atoms with van der Waals surface area (Å²) in [4.78, 5) is 15.3. The van der Waals surface area contributed by atoms with E-state index in [-0.39, 0.29) is 5.91 Å². The van der Waals surface area contributed by atoms with Crippen molar-refractivity contribution in [3.63, 3.8) is 0 Å². The van der Waals surface area contributed by atoms with Crippen LogP contribution in [0.4, 0.5) is 0 Å². The Hall–Kier alpha value is -1.56. The molecule has 112 valence electrons. The fraction of sp³-hybridized carbons (Fsp3) is 0.400. The van der Waals surface area contributed by atoms with Crippen LogP contribution in [0.25, 0.3) is 10.9 Å². The highest BCUT2D eigenvalue weighted by atomic mass is 35.5. The molecule has 1 aliphatic carbocycles. The van der Waals surface area contributed by atoms with Crippen LogP contribution in [0.1, 0.15) is 29.8 Å². The molecule has 21 heavy (non-hydrogen) atoms. The van der Waals surface area contributed by atoms with E-state index in [2.05, 4.69) is 10.3 Å². The average Bonchev–Trinajstić information content (AvgIpc) is 2.87. The van der Waals surface area contributed by atoms with Crippen molar-refractivity contribution >= 4 is 28.4 Å². The second kappa shape index (κ2) is 5.67. The van der Waals surface area contributed by atoms with Crippen LogP contribution in [0.3, 0.4) is 0 Å². The maximum atomic E-state index is 12.3. The third kappa shape index (κ3) is 2.90. The summed E-state index contributed by atoms with van der Waals surface area (Å²) in [7, 11) is 0. The molecule has 1 aromatic carbocycles. The average molecular weight is 309 g/mol. The molecule has 3 rings (SSSR count). The monoisotopic (exact) mass is 308 g/mol. The number of aromatic nitrogens is 1. The van der Waals surface area contributed by atoms with Crippen LogP contribution in [-0.2, 0) is 0 Å². The molecule has 1 fully saturated rings. The summed E-state index contributed by atoms with van der Waals surface area (Å²) in [5.41, 5.74) is 1.24. The van der Waals surface area contributed by atoms with E-state index in [1.54, 1.807) is 18.2 Å². The molecule has 6 heteroatoms. The molecule has 0 bridgehead atoms. The summed E-state index contributed by atoms with van der Waals surface area (Å²) in [5.74, 6) is -0.291. The smallest absolute Gasteiger partial charge is 0.268 e. The van der Waals surface area contributed by atoms with Crippen LogP contribution in [0.2, 0.25) is 5.02 Å². The lowest BCUT2D eigenvalue weighted by Gasteiger charge is -2.32. The number of halogens is 1. The van der Waals surface area contributed by atoms with Gasteiger partial charge in [0.25, 0.3) is 5.91 Å². The lowest BCUT2D eigenvalue weighted by Crippen LogP contribution is -2.51. The van der Waals surface area contributed by atoms with Gasteiger partial charge in [-0.15, -0.1) is 0 Å². The summed E-state index contributed by atoms with van der Waals surface area (Å²) in [6.07, 6.45) is 0.326. The van der Waals surface area contributed by atoms with E-state index in [0.717, 1.165) is 17.3 Å². The number of H-pyrrole nitrogens is 1. The van der Waals surface area contributed by atoms with Gasteiger partial charge in [-0.1, -0.05) is 11.6 Å². The molecule has 2 aromatic rings. The minimum atomic E-state index is -0.915. The fourth-order valence-corrected chi connectivity index (χ4v) is 2.97. The standard InChI is InChI=1S/C15H17ClN2O3/c16-9-4-5-10-8(6-9)7-12(17-10)15(21)18-11-2-1-3-13(19)14(11)20/h4-7,11,13-14,17,19-20H,1-3H2,(H,18,21)/t11-,13-,14-/m1/s1. The van der Waals surface area contributed by atoms with Gasteiger partial charge in [0.2, 0.25) is 0 Å². The van der Waals surface area contributed by atoms with Crippen molar-refractivity contribution in [2.24, 2.45) is 0 Å². The van der Waals surface area contributed by atoms with E-state index in [4.69, 9.17) is 11.6 Å². The van der Waals surface area contributed by atoms with Gasteiger partial charge in [0, 0.05) is 15.9 Å². The number of benzene rings is 1. The first-order valence-corrected chi connectivity index (χ1v) is 7.37. The first-order chi connectivity index (χ1) is 10.0. The topological polar surface area (TPSA) is 85.3 Å². The number of rotatable bonds is 2. The molecule has 0 saturated heterocycles. The Labute approximate surface area is 126 Å². The largest absolute Gasteiger partial charge is 0.390 e. The molecule has 1 heterocycles. The minimum absolute atomic E-state index is 0.291. The van der Waals surface area contributed by atoms with E-state index in [1.807, 2.05) is 6.07 Å². The molecule has 0 aliphatic heterocycles. The molecule has 0 radical (unpaired) electrons. The van der Waals surface area contributed by atoms with Crippen LogP contribution < -0.4 is 5.32 Å². The number of aromatic amines is 1. The van der Waals surface area contributed by atoms with Crippen LogP contribution >= 0.6 is 11.6 Å². The molecule has 4 N–H and O–H groups in total. The minimum Gasteiger partial charge on any atom is -0.390 e. The second-order valence-electron chi connectivity index (χ2n) is 5.48. The quantitative estimate of drug-likeness (QED) is 0.683. The third-order valence-electron chi connectivity index (χ3n) is 3.97. The molecule has 5 nitrogen and oxygen atoms in total. The number of hydrogen-bond donors (Lipinski definition) is 4. The van der Waals surface area contributed by atoms with Crippen LogP contribution in [0.15, 0.2) is 24.3 Å². The number of hydrogen-bond acceptors (Lipinski definition) is 3. The van der Waals surface area contributed by atoms with E-state index >= 15 is 0 Å². The lowest BCUT2D eigenvalue weighted by atomic mass is 9.90. The predicted molar refractivity (Wildman–Crippen MR) is 80.4 cm³/mol. The van der Waals surface area contributed by atoms with Gasteiger partial charge in [-0.05, 0) is 43.5 Å². The summed E-state index contributed by atoms with van der Waals surface area (Å²) in [6, 6.07) is 6.65. The number of aliphatic hydroxyl groups excluding tert-OH is 2. The van der Waals surface area contributed by atoms with Gasteiger partial charge in [-0.3, -0.25) is 4.79 Å². The van der Waals surface area contributed by atoms with E-state index < -0.39 is 18.2 Å². The zero-order chi connectivity index (χ0) is 15.0. The van der Waals surface area contributed by atoms with Crippen molar-refractivity contribution in [3.8, 4) is 0 Å². The van der Waals surface area contributed by atoms with Crippen molar-refractivity contribution in [2.45, 2.75) is 37.5 Å². The Morgan fingerprint density at radius 2 is 2.10 bits per heavy atom. The Morgan fingerprint density at radius 1 is 1.29 bits per heavy atom. The molecule has 0 unspecified atom stereocenters. The highest BCUT2D eigenvalue weighted by molar-refractivity contribution is 6.31. The van der Waals surface area contributed by atoms with Crippen molar-refractivity contribution in [1.82, 2.24) is 10.3 Å². The van der Waals surface area contributed by atoms with E-state index in [0.29, 0.717) is 23.6 Å². The number of aliphatic hydroxyl groups is 2. The number of carbonyl (C=O) groups is 1. The Balaban J connectivity index is 1.77. The first kappa shape index (κ1) is 14.4. The van der Waals surface area contributed by atoms with Gasteiger partial charge >= 0.3 is 0 Å². The SMILES string of the molecule is O=C(N[C@@H]1CCC[C@@H](O)[C@@H]1O)c1cc2cc(Cl)ccc2[nH]1. The number of nitrogens with one attached hydrogen (secondary N) is 2. The van der Waals surface area contributed by atoms with Crippen molar-refractivity contribution < 1.29 is 15.0 Å². The molecule has 0 spiro atoms. The predicted octanol–water partition coefficient (Wildman–Crippen LogP) is 1.83. The van der Waals surface area contributed by atoms with Crippen molar-refractivity contribution in [2.75, 3.05) is 0 Å². The van der Waals surface area contributed by atoms with Crippen molar-refractivity contribution in [1.29, 1.82) is 0 Å². The Bertz CT molecular complexity index is 670. The molecule has 1 saturated carbocycles. The third-order valence-corrected chi connectivity index (χ3v) is 4.20. The fourth-order valence-electron chi connectivity index (χ4n) is 2.79. The highest BCUT2D eigenvalue weighted by Crippen LogP contribution is 2.22. The van der Waals surface area contributed by atoms with E-state index in [9.17, 15) is 15.0 Å².